The Balaban J connectivity index is 1.96. The van der Waals surface area contributed by atoms with Gasteiger partial charge < -0.3 is 15.2 Å². The Morgan fingerprint density at radius 2 is 2.03 bits per heavy atom. The number of carbonyl (C=O) groups is 1. The van der Waals surface area contributed by atoms with E-state index < -0.39 is 21.5 Å². The number of pyridine rings is 1. The van der Waals surface area contributed by atoms with Crippen LogP contribution >= 0.6 is 23.2 Å². The average Bonchev–Trinajstić information content (AvgIpc) is 2.66. The third-order valence-electron chi connectivity index (χ3n) is 4.06. The lowest BCUT2D eigenvalue weighted by Gasteiger charge is -2.30. The number of nitrogens with zero attached hydrogens (tertiary/aromatic N) is 2. The summed E-state index contributed by atoms with van der Waals surface area (Å²) in [6, 6.07) is 5.40. The van der Waals surface area contributed by atoms with Gasteiger partial charge in [-0.2, -0.15) is 0 Å². The zero-order valence-electron chi connectivity index (χ0n) is 15.6. The van der Waals surface area contributed by atoms with Gasteiger partial charge in [0.05, 0.1) is 32.7 Å². The van der Waals surface area contributed by atoms with Gasteiger partial charge in [0.25, 0.3) is 15.9 Å². The number of amides is 1. The number of anilines is 1. The first kappa shape index (κ1) is 21.6. The van der Waals surface area contributed by atoms with E-state index in [0.717, 1.165) is 4.31 Å². The van der Waals surface area contributed by atoms with Gasteiger partial charge in [-0.3, -0.25) is 9.10 Å². The number of sulfonamides is 1. The van der Waals surface area contributed by atoms with Crippen molar-refractivity contribution in [1.29, 1.82) is 0 Å². The Morgan fingerprint density at radius 1 is 1.31 bits per heavy atom. The highest BCUT2D eigenvalue weighted by atomic mass is 35.5. The van der Waals surface area contributed by atoms with E-state index in [1.165, 1.54) is 30.5 Å². The third-order valence-corrected chi connectivity index (χ3v) is 6.61. The molecule has 8 nitrogen and oxygen atoms in total. The lowest BCUT2D eigenvalue weighted by Crippen LogP contribution is -2.39. The van der Waals surface area contributed by atoms with Crippen molar-refractivity contribution >= 4 is 44.8 Å². The predicted molar refractivity (Wildman–Crippen MR) is 109 cm³/mol. The highest BCUT2D eigenvalue weighted by Crippen LogP contribution is 2.35. The van der Waals surface area contributed by atoms with Crippen molar-refractivity contribution in [3.05, 3.63) is 46.1 Å². The lowest BCUT2D eigenvalue weighted by atomic mass is 10.1. The van der Waals surface area contributed by atoms with Crippen LogP contribution in [0.15, 0.2) is 35.4 Å². The zero-order valence-corrected chi connectivity index (χ0v) is 18.0. The van der Waals surface area contributed by atoms with Gasteiger partial charge in [-0.25, -0.2) is 13.4 Å². The van der Waals surface area contributed by atoms with Crippen molar-refractivity contribution in [1.82, 2.24) is 10.3 Å². The first-order valence-corrected chi connectivity index (χ1v) is 10.8. The normalized spacial score (nSPS) is 14.2. The van der Waals surface area contributed by atoms with Gasteiger partial charge in [-0.05, 0) is 38.1 Å². The molecule has 1 aromatic heterocycles. The molecule has 0 spiro atoms. The molecule has 0 fully saturated rings. The molecule has 2 N–H and O–H groups in total. The second-order valence-corrected chi connectivity index (χ2v) is 9.72. The van der Waals surface area contributed by atoms with Crippen molar-refractivity contribution in [2.45, 2.75) is 24.3 Å². The molecule has 0 saturated heterocycles. The van der Waals surface area contributed by atoms with E-state index in [0.29, 0.717) is 0 Å². The predicted octanol–water partition coefficient (Wildman–Crippen LogP) is 2.48. The SMILES string of the molecule is CC(C)(O)CNC(=O)c1cnc2c(c1)N(S(=O)(=O)c1ccc(Cl)c(Cl)c1)CCO2. The van der Waals surface area contributed by atoms with E-state index in [1.54, 1.807) is 13.8 Å². The Kier molecular flexibility index (Phi) is 5.96. The molecule has 156 valence electrons. The highest BCUT2D eigenvalue weighted by molar-refractivity contribution is 7.92. The maximum absolute atomic E-state index is 13.2. The molecule has 0 atom stereocenters. The number of aliphatic hydroxyl groups is 1. The summed E-state index contributed by atoms with van der Waals surface area (Å²) in [6.07, 6.45) is 1.29. The summed E-state index contributed by atoms with van der Waals surface area (Å²) in [4.78, 5) is 16.4. The number of benzene rings is 1. The monoisotopic (exact) mass is 459 g/mol. The van der Waals surface area contributed by atoms with Crippen LogP contribution in [0.25, 0.3) is 0 Å². The molecule has 3 rings (SSSR count). The molecule has 1 aliphatic heterocycles. The number of carbonyl (C=O) groups excluding carboxylic acids is 1. The Hall–Kier alpha value is -2.07. The maximum Gasteiger partial charge on any atom is 0.264 e. The number of nitrogens with one attached hydrogen (secondary N) is 1. The average molecular weight is 460 g/mol. The van der Waals surface area contributed by atoms with Crippen LogP contribution in [0.2, 0.25) is 10.0 Å². The van der Waals surface area contributed by atoms with Crippen LogP contribution < -0.4 is 14.4 Å². The molecular weight excluding hydrogens is 441 g/mol. The molecule has 0 saturated carbocycles. The summed E-state index contributed by atoms with van der Waals surface area (Å²) in [7, 11) is -3.99. The number of hydrogen-bond donors (Lipinski definition) is 2. The first-order chi connectivity index (χ1) is 13.5. The van der Waals surface area contributed by atoms with Crippen molar-refractivity contribution in [2.24, 2.45) is 0 Å². The van der Waals surface area contributed by atoms with Crippen LogP contribution in [0.3, 0.4) is 0 Å². The van der Waals surface area contributed by atoms with Crippen LogP contribution in [-0.2, 0) is 10.0 Å². The molecule has 11 heteroatoms. The van der Waals surface area contributed by atoms with Gasteiger partial charge in [-0.15, -0.1) is 0 Å². The number of aromatic nitrogens is 1. The fourth-order valence-electron chi connectivity index (χ4n) is 2.61. The molecular formula is C18H19Cl2N3O5S. The molecule has 1 aromatic carbocycles. The van der Waals surface area contributed by atoms with Crippen molar-refractivity contribution in [2.75, 3.05) is 24.0 Å². The molecule has 1 amide bonds. The standard InChI is InChI=1S/C18H19Cl2N3O5S/c1-18(2,25)10-22-16(24)11-7-15-17(21-9-11)28-6-5-23(15)29(26,27)12-3-4-13(19)14(20)8-12/h3-4,7-9,25H,5-6,10H2,1-2H3,(H,22,24). The van der Waals surface area contributed by atoms with Crippen molar-refractivity contribution in [3.63, 3.8) is 0 Å². The van der Waals surface area contributed by atoms with Crippen LogP contribution in [0.1, 0.15) is 24.2 Å². The van der Waals surface area contributed by atoms with Crippen molar-refractivity contribution < 1.29 is 23.1 Å². The minimum atomic E-state index is -3.99. The quantitative estimate of drug-likeness (QED) is 0.710. The van der Waals surface area contributed by atoms with E-state index >= 15 is 0 Å². The molecule has 2 heterocycles. The van der Waals surface area contributed by atoms with Crippen LogP contribution in [0, 0.1) is 0 Å². The summed E-state index contributed by atoms with van der Waals surface area (Å²) in [5, 5.41) is 12.7. The second kappa shape index (κ2) is 7.98. The Labute approximate surface area is 178 Å². The van der Waals surface area contributed by atoms with Gasteiger partial charge in [0, 0.05) is 12.7 Å². The van der Waals surface area contributed by atoms with Gasteiger partial charge in [-0.1, -0.05) is 23.2 Å². The summed E-state index contributed by atoms with van der Waals surface area (Å²) < 4.78 is 32.9. The van der Waals surface area contributed by atoms with Crippen LogP contribution in [-0.4, -0.2) is 49.7 Å². The molecule has 0 bridgehead atoms. The number of ether oxygens (including phenoxy) is 1. The van der Waals surface area contributed by atoms with Gasteiger partial charge in [0.2, 0.25) is 5.88 Å². The fraction of sp³-hybridized carbons (Fsp3) is 0.333. The summed E-state index contributed by atoms with van der Waals surface area (Å²) in [6.45, 7) is 3.26. The van der Waals surface area contributed by atoms with E-state index in [2.05, 4.69) is 10.3 Å². The highest BCUT2D eigenvalue weighted by Gasteiger charge is 2.32. The van der Waals surface area contributed by atoms with E-state index in [-0.39, 0.29) is 51.8 Å². The minimum absolute atomic E-state index is 0.0186. The second-order valence-electron chi connectivity index (χ2n) is 7.04. The smallest absolute Gasteiger partial charge is 0.264 e. The van der Waals surface area contributed by atoms with Gasteiger partial charge >= 0.3 is 0 Å². The summed E-state index contributed by atoms with van der Waals surface area (Å²) in [5.41, 5.74) is -0.824. The number of halogens is 2. The molecule has 1 aliphatic rings. The Morgan fingerprint density at radius 3 is 2.69 bits per heavy atom. The van der Waals surface area contributed by atoms with Crippen LogP contribution in [0.5, 0.6) is 5.88 Å². The van der Waals surface area contributed by atoms with Gasteiger partial charge in [0.15, 0.2) is 0 Å². The van der Waals surface area contributed by atoms with E-state index in [1.807, 2.05) is 0 Å². The number of hydrogen-bond acceptors (Lipinski definition) is 6. The molecule has 2 aromatic rings. The molecule has 0 radical (unpaired) electrons. The largest absolute Gasteiger partial charge is 0.474 e. The van der Waals surface area contributed by atoms with E-state index in [9.17, 15) is 18.3 Å². The first-order valence-electron chi connectivity index (χ1n) is 8.60. The van der Waals surface area contributed by atoms with Crippen LogP contribution in [0.4, 0.5) is 5.69 Å². The maximum atomic E-state index is 13.2. The minimum Gasteiger partial charge on any atom is -0.474 e. The zero-order chi connectivity index (χ0) is 21.4. The van der Waals surface area contributed by atoms with Gasteiger partial charge in [0.1, 0.15) is 12.3 Å². The van der Waals surface area contributed by atoms with Crippen molar-refractivity contribution in [3.8, 4) is 5.88 Å². The number of rotatable bonds is 5. The third kappa shape index (κ3) is 4.75. The summed E-state index contributed by atoms with van der Waals surface area (Å²) >= 11 is 11.9. The fourth-order valence-corrected chi connectivity index (χ4v) is 4.44. The lowest BCUT2D eigenvalue weighted by molar-refractivity contribution is 0.0694. The molecule has 0 unspecified atom stereocenters. The summed E-state index contributed by atoms with van der Waals surface area (Å²) in [5.74, 6) is -0.404. The molecule has 29 heavy (non-hydrogen) atoms. The topological polar surface area (TPSA) is 109 Å². The van der Waals surface area contributed by atoms with E-state index in [4.69, 9.17) is 27.9 Å². The molecule has 0 aliphatic carbocycles. The Bertz CT molecular complexity index is 1050. The number of fused-ring (bicyclic) bond motifs is 1.